The molecular formula is C17H23N5O2. The van der Waals surface area contributed by atoms with Gasteiger partial charge in [-0.3, -0.25) is 9.89 Å². The Labute approximate surface area is 140 Å². The number of aromatic nitrogens is 4. The maximum absolute atomic E-state index is 13.2. The van der Waals surface area contributed by atoms with E-state index in [1.165, 1.54) is 0 Å². The molecule has 0 bridgehead atoms. The lowest BCUT2D eigenvalue weighted by molar-refractivity contribution is 0.0663. The van der Waals surface area contributed by atoms with Crippen LogP contribution in [0.1, 0.15) is 78.0 Å². The van der Waals surface area contributed by atoms with Gasteiger partial charge in [-0.2, -0.15) is 10.1 Å². The van der Waals surface area contributed by atoms with E-state index in [2.05, 4.69) is 20.3 Å². The van der Waals surface area contributed by atoms with Gasteiger partial charge in [-0.25, -0.2) is 0 Å². The SMILES string of the molecule is Cc1nc([C@@H]2CCCCCN2C(=O)c2n[nH]c3c2CCCC3)no1. The highest BCUT2D eigenvalue weighted by atomic mass is 16.5. The molecule has 1 amide bonds. The first-order valence-electron chi connectivity index (χ1n) is 8.91. The zero-order chi connectivity index (χ0) is 16.5. The molecule has 1 aliphatic carbocycles. The smallest absolute Gasteiger partial charge is 0.275 e. The third kappa shape index (κ3) is 2.72. The number of nitrogens with zero attached hydrogens (tertiary/aromatic N) is 4. The summed E-state index contributed by atoms with van der Waals surface area (Å²) in [6.45, 7) is 2.50. The van der Waals surface area contributed by atoms with Crippen LogP contribution in [0, 0.1) is 6.92 Å². The number of nitrogens with one attached hydrogen (secondary N) is 1. The van der Waals surface area contributed by atoms with E-state index in [1.807, 2.05) is 4.90 Å². The van der Waals surface area contributed by atoms with Crippen LogP contribution in [0.15, 0.2) is 4.52 Å². The predicted molar refractivity (Wildman–Crippen MR) is 86.5 cm³/mol. The minimum atomic E-state index is -0.117. The Balaban J connectivity index is 1.66. The molecule has 3 heterocycles. The van der Waals surface area contributed by atoms with Crippen molar-refractivity contribution < 1.29 is 9.32 Å². The van der Waals surface area contributed by atoms with E-state index in [1.54, 1.807) is 6.92 Å². The van der Waals surface area contributed by atoms with Gasteiger partial charge in [-0.15, -0.1) is 0 Å². The number of aryl methyl sites for hydroxylation is 2. The molecule has 0 unspecified atom stereocenters. The van der Waals surface area contributed by atoms with Crippen molar-refractivity contribution in [1.29, 1.82) is 0 Å². The Morgan fingerprint density at radius 2 is 2.08 bits per heavy atom. The van der Waals surface area contributed by atoms with Gasteiger partial charge in [0.25, 0.3) is 5.91 Å². The summed E-state index contributed by atoms with van der Waals surface area (Å²) in [6, 6.07) is -0.117. The number of rotatable bonds is 2. The average molecular weight is 329 g/mol. The quantitative estimate of drug-likeness (QED) is 0.915. The Kier molecular flexibility index (Phi) is 4.08. The second-order valence-electron chi connectivity index (χ2n) is 6.77. The number of carbonyl (C=O) groups excluding carboxylic acids is 1. The fourth-order valence-corrected chi connectivity index (χ4v) is 3.86. The minimum absolute atomic E-state index is 0.00348. The van der Waals surface area contributed by atoms with Crippen molar-refractivity contribution in [3.05, 3.63) is 28.7 Å². The molecule has 0 radical (unpaired) electrons. The second kappa shape index (κ2) is 6.37. The molecule has 24 heavy (non-hydrogen) atoms. The number of likely N-dealkylation sites (tertiary alicyclic amines) is 1. The van der Waals surface area contributed by atoms with Crippen molar-refractivity contribution >= 4 is 5.91 Å². The number of hydrogen-bond donors (Lipinski definition) is 1. The van der Waals surface area contributed by atoms with Crippen molar-refractivity contribution in [2.24, 2.45) is 0 Å². The van der Waals surface area contributed by atoms with Gasteiger partial charge < -0.3 is 9.42 Å². The first kappa shape index (κ1) is 15.4. The monoisotopic (exact) mass is 329 g/mol. The topological polar surface area (TPSA) is 87.9 Å². The highest BCUT2D eigenvalue weighted by Crippen LogP contribution is 2.31. The maximum Gasteiger partial charge on any atom is 0.275 e. The van der Waals surface area contributed by atoms with Crippen LogP contribution in [0.2, 0.25) is 0 Å². The number of carbonyl (C=O) groups is 1. The number of amides is 1. The third-order valence-corrected chi connectivity index (χ3v) is 5.11. The summed E-state index contributed by atoms with van der Waals surface area (Å²) in [5.74, 6) is 1.16. The Morgan fingerprint density at radius 1 is 1.21 bits per heavy atom. The minimum Gasteiger partial charge on any atom is -0.340 e. The fourth-order valence-electron chi connectivity index (χ4n) is 3.86. The van der Waals surface area contributed by atoms with Gasteiger partial charge >= 0.3 is 0 Å². The van der Waals surface area contributed by atoms with Crippen molar-refractivity contribution in [3.8, 4) is 0 Å². The Bertz CT molecular complexity index is 735. The molecule has 4 rings (SSSR count). The summed E-state index contributed by atoms with van der Waals surface area (Å²) in [6.07, 6.45) is 8.28. The molecule has 7 heteroatoms. The van der Waals surface area contributed by atoms with Crippen LogP contribution in [-0.2, 0) is 12.8 Å². The molecule has 0 spiro atoms. The van der Waals surface area contributed by atoms with Crippen molar-refractivity contribution in [1.82, 2.24) is 25.2 Å². The molecule has 1 aliphatic heterocycles. The van der Waals surface area contributed by atoms with E-state index in [4.69, 9.17) is 4.52 Å². The van der Waals surface area contributed by atoms with E-state index < -0.39 is 0 Å². The Hall–Kier alpha value is -2.18. The summed E-state index contributed by atoms with van der Waals surface area (Å²) >= 11 is 0. The first-order chi connectivity index (χ1) is 11.7. The molecule has 7 nitrogen and oxygen atoms in total. The standard InChI is InChI=1S/C17H23N5O2/c1-11-18-16(21-24-11)14-9-3-2-6-10-22(14)17(23)15-12-7-4-5-8-13(12)19-20-15/h14H,2-10H2,1H3,(H,19,20)/t14-/m0/s1. The molecule has 1 N–H and O–H groups in total. The lowest BCUT2D eigenvalue weighted by Crippen LogP contribution is -2.36. The van der Waals surface area contributed by atoms with E-state index >= 15 is 0 Å². The first-order valence-corrected chi connectivity index (χ1v) is 8.91. The molecule has 0 aromatic carbocycles. The third-order valence-electron chi connectivity index (χ3n) is 5.11. The van der Waals surface area contributed by atoms with Gasteiger partial charge in [0.05, 0.1) is 6.04 Å². The number of hydrogen-bond acceptors (Lipinski definition) is 5. The normalized spacial score (nSPS) is 21.4. The number of H-pyrrole nitrogens is 1. The molecule has 2 aliphatic rings. The van der Waals surface area contributed by atoms with E-state index in [0.717, 1.165) is 69.2 Å². The zero-order valence-electron chi connectivity index (χ0n) is 14.0. The molecule has 128 valence electrons. The van der Waals surface area contributed by atoms with Crippen LogP contribution in [0.25, 0.3) is 0 Å². The van der Waals surface area contributed by atoms with Gasteiger partial charge in [0.15, 0.2) is 11.5 Å². The highest BCUT2D eigenvalue weighted by Gasteiger charge is 2.33. The molecule has 0 saturated carbocycles. The van der Waals surface area contributed by atoms with Gasteiger partial charge in [0, 0.05) is 24.7 Å². The van der Waals surface area contributed by atoms with Gasteiger partial charge in [-0.1, -0.05) is 18.0 Å². The molecular weight excluding hydrogens is 306 g/mol. The van der Waals surface area contributed by atoms with Crippen molar-refractivity contribution in [3.63, 3.8) is 0 Å². The van der Waals surface area contributed by atoms with Gasteiger partial charge in [0.1, 0.15) is 0 Å². The molecule has 1 saturated heterocycles. The summed E-state index contributed by atoms with van der Waals surface area (Å²) < 4.78 is 5.15. The van der Waals surface area contributed by atoms with Gasteiger partial charge in [-0.05, 0) is 38.5 Å². The number of aromatic amines is 1. The largest absolute Gasteiger partial charge is 0.340 e. The summed E-state index contributed by atoms with van der Waals surface area (Å²) in [4.78, 5) is 19.5. The summed E-state index contributed by atoms with van der Waals surface area (Å²) in [7, 11) is 0. The number of fused-ring (bicyclic) bond motifs is 1. The fraction of sp³-hybridized carbons (Fsp3) is 0.647. The van der Waals surface area contributed by atoms with Crippen LogP contribution >= 0.6 is 0 Å². The lowest BCUT2D eigenvalue weighted by Gasteiger charge is -2.27. The molecule has 2 aromatic heterocycles. The van der Waals surface area contributed by atoms with E-state index in [9.17, 15) is 4.79 Å². The predicted octanol–water partition coefficient (Wildman–Crippen LogP) is 2.74. The van der Waals surface area contributed by atoms with Crippen LogP contribution < -0.4 is 0 Å². The van der Waals surface area contributed by atoms with E-state index in [0.29, 0.717) is 17.4 Å². The second-order valence-corrected chi connectivity index (χ2v) is 6.77. The maximum atomic E-state index is 13.2. The molecule has 1 fully saturated rings. The summed E-state index contributed by atoms with van der Waals surface area (Å²) in [5, 5.41) is 11.5. The van der Waals surface area contributed by atoms with Gasteiger partial charge in [0.2, 0.25) is 5.89 Å². The summed E-state index contributed by atoms with van der Waals surface area (Å²) in [5.41, 5.74) is 2.83. The van der Waals surface area contributed by atoms with Crippen LogP contribution in [-0.4, -0.2) is 37.7 Å². The van der Waals surface area contributed by atoms with E-state index in [-0.39, 0.29) is 11.9 Å². The Morgan fingerprint density at radius 3 is 2.92 bits per heavy atom. The van der Waals surface area contributed by atoms with Crippen LogP contribution in [0.4, 0.5) is 0 Å². The van der Waals surface area contributed by atoms with Crippen LogP contribution in [0.5, 0.6) is 0 Å². The molecule has 1 atom stereocenters. The average Bonchev–Trinajstić information content (AvgIpc) is 3.13. The zero-order valence-corrected chi connectivity index (χ0v) is 14.0. The molecule has 2 aromatic rings. The van der Waals surface area contributed by atoms with Crippen LogP contribution in [0.3, 0.4) is 0 Å². The lowest BCUT2D eigenvalue weighted by atomic mass is 9.95. The highest BCUT2D eigenvalue weighted by molar-refractivity contribution is 5.94. The van der Waals surface area contributed by atoms with Crippen molar-refractivity contribution in [2.45, 2.75) is 64.3 Å². The van der Waals surface area contributed by atoms with Crippen molar-refractivity contribution in [2.75, 3.05) is 6.54 Å².